The SMILES string of the molecule is N#CCNC(=O)CN1CCCC1C1CCCC1O. The second kappa shape index (κ2) is 6.17. The molecule has 1 saturated carbocycles. The van der Waals surface area contributed by atoms with Gasteiger partial charge in [-0.1, -0.05) is 6.42 Å². The number of nitriles is 1. The first-order chi connectivity index (χ1) is 8.72. The average Bonchev–Trinajstić information content (AvgIpc) is 2.95. The van der Waals surface area contributed by atoms with Gasteiger partial charge >= 0.3 is 0 Å². The van der Waals surface area contributed by atoms with Crippen molar-refractivity contribution in [2.45, 2.75) is 44.2 Å². The Morgan fingerprint density at radius 2 is 2.22 bits per heavy atom. The highest BCUT2D eigenvalue weighted by Gasteiger charge is 2.38. The number of aliphatic hydroxyl groups excluding tert-OH is 1. The van der Waals surface area contributed by atoms with Crippen molar-refractivity contribution in [2.75, 3.05) is 19.6 Å². The predicted octanol–water partition coefficient (Wildman–Crippen LogP) is 0.252. The number of hydrogen-bond acceptors (Lipinski definition) is 4. The number of amides is 1. The molecule has 1 aliphatic heterocycles. The Labute approximate surface area is 108 Å². The van der Waals surface area contributed by atoms with Crippen LogP contribution in [0.3, 0.4) is 0 Å². The monoisotopic (exact) mass is 251 g/mol. The molecular weight excluding hydrogens is 230 g/mol. The molecule has 1 amide bonds. The van der Waals surface area contributed by atoms with Crippen molar-refractivity contribution in [1.82, 2.24) is 10.2 Å². The first-order valence-electron chi connectivity index (χ1n) is 6.78. The maximum absolute atomic E-state index is 11.6. The van der Waals surface area contributed by atoms with E-state index in [0.29, 0.717) is 18.5 Å². The van der Waals surface area contributed by atoms with Crippen molar-refractivity contribution in [3.05, 3.63) is 0 Å². The fourth-order valence-electron chi connectivity index (χ4n) is 3.33. The number of carbonyl (C=O) groups is 1. The zero-order chi connectivity index (χ0) is 13.0. The maximum atomic E-state index is 11.6. The summed E-state index contributed by atoms with van der Waals surface area (Å²) in [6, 6.07) is 2.25. The summed E-state index contributed by atoms with van der Waals surface area (Å²) in [7, 11) is 0. The number of rotatable bonds is 4. The first-order valence-corrected chi connectivity index (χ1v) is 6.78. The van der Waals surface area contributed by atoms with Crippen LogP contribution in [0.1, 0.15) is 32.1 Å². The average molecular weight is 251 g/mol. The van der Waals surface area contributed by atoms with E-state index >= 15 is 0 Å². The quantitative estimate of drug-likeness (QED) is 0.702. The summed E-state index contributed by atoms with van der Waals surface area (Å²) in [6.45, 7) is 1.35. The topological polar surface area (TPSA) is 76.4 Å². The van der Waals surface area contributed by atoms with Gasteiger partial charge in [-0.2, -0.15) is 5.26 Å². The Balaban J connectivity index is 1.87. The van der Waals surface area contributed by atoms with Gasteiger partial charge < -0.3 is 10.4 Å². The summed E-state index contributed by atoms with van der Waals surface area (Å²) in [5.74, 6) is 0.243. The summed E-state index contributed by atoms with van der Waals surface area (Å²) in [6.07, 6.45) is 5.04. The Kier molecular flexibility index (Phi) is 4.56. The number of likely N-dealkylation sites (tertiary alicyclic amines) is 1. The van der Waals surface area contributed by atoms with E-state index in [4.69, 9.17) is 5.26 Å². The van der Waals surface area contributed by atoms with E-state index in [0.717, 1.165) is 38.6 Å². The van der Waals surface area contributed by atoms with Gasteiger partial charge in [0.15, 0.2) is 0 Å². The summed E-state index contributed by atoms with van der Waals surface area (Å²) in [5, 5.41) is 21.0. The van der Waals surface area contributed by atoms with Crippen LogP contribution >= 0.6 is 0 Å². The molecule has 2 fully saturated rings. The maximum Gasteiger partial charge on any atom is 0.235 e. The van der Waals surface area contributed by atoms with Crippen molar-refractivity contribution in [3.8, 4) is 6.07 Å². The van der Waals surface area contributed by atoms with Crippen LogP contribution in [0.2, 0.25) is 0 Å². The lowest BCUT2D eigenvalue weighted by molar-refractivity contribution is -0.122. The molecule has 2 N–H and O–H groups in total. The summed E-state index contributed by atoms with van der Waals surface area (Å²) < 4.78 is 0. The molecule has 3 unspecified atom stereocenters. The zero-order valence-electron chi connectivity index (χ0n) is 10.6. The van der Waals surface area contributed by atoms with Crippen LogP contribution < -0.4 is 5.32 Å². The third-order valence-corrected chi connectivity index (χ3v) is 4.15. The molecule has 0 spiro atoms. The molecule has 3 atom stereocenters. The molecule has 18 heavy (non-hydrogen) atoms. The van der Waals surface area contributed by atoms with E-state index in [1.165, 1.54) is 0 Å². The van der Waals surface area contributed by atoms with E-state index in [1.807, 2.05) is 6.07 Å². The Morgan fingerprint density at radius 1 is 1.39 bits per heavy atom. The molecule has 2 aliphatic rings. The second-order valence-electron chi connectivity index (χ2n) is 5.28. The van der Waals surface area contributed by atoms with Crippen LogP contribution in [0, 0.1) is 17.2 Å². The number of nitrogens with one attached hydrogen (secondary N) is 1. The van der Waals surface area contributed by atoms with Crippen molar-refractivity contribution in [1.29, 1.82) is 5.26 Å². The van der Waals surface area contributed by atoms with E-state index in [9.17, 15) is 9.90 Å². The summed E-state index contributed by atoms with van der Waals surface area (Å²) in [5.41, 5.74) is 0. The molecule has 1 heterocycles. The van der Waals surface area contributed by atoms with Gasteiger partial charge in [-0.05, 0) is 32.2 Å². The molecule has 5 heteroatoms. The van der Waals surface area contributed by atoms with Crippen molar-refractivity contribution in [3.63, 3.8) is 0 Å². The summed E-state index contributed by atoms with van der Waals surface area (Å²) >= 11 is 0. The Hall–Kier alpha value is -1.12. The van der Waals surface area contributed by atoms with Crippen molar-refractivity contribution in [2.24, 2.45) is 5.92 Å². The molecule has 5 nitrogen and oxygen atoms in total. The minimum atomic E-state index is -0.197. The number of nitrogens with zero attached hydrogens (tertiary/aromatic N) is 2. The van der Waals surface area contributed by atoms with Crippen molar-refractivity contribution >= 4 is 5.91 Å². The summed E-state index contributed by atoms with van der Waals surface area (Å²) in [4.78, 5) is 13.8. The van der Waals surface area contributed by atoms with E-state index in [-0.39, 0.29) is 18.6 Å². The Bertz CT molecular complexity index is 340. The van der Waals surface area contributed by atoms with Gasteiger partial charge in [-0.3, -0.25) is 9.69 Å². The van der Waals surface area contributed by atoms with Crippen molar-refractivity contribution < 1.29 is 9.90 Å². The van der Waals surface area contributed by atoms with E-state index in [2.05, 4.69) is 10.2 Å². The smallest absolute Gasteiger partial charge is 0.235 e. The molecular formula is C13H21N3O2. The van der Waals surface area contributed by atoms with Crippen LogP contribution in [-0.4, -0.2) is 47.7 Å². The fraction of sp³-hybridized carbons (Fsp3) is 0.846. The van der Waals surface area contributed by atoms with Gasteiger partial charge in [-0.15, -0.1) is 0 Å². The predicted molar refractivity (Wildman–Crippen MR) is 66.6 cm³/mol. The standard InChI is InChI=1S/C13H21N3O2/c14-6-7-15-13(18)9-16-8-2-4-11(16)10-3-1-5-12(10)17/h10-12,17H,1-5,7-9H2,(H,15,18). The highest BCUT2D eigenvalue weighted by Crippen LogP contribution is 2.35. The minimum Gasteiger partial charge on any atom is -0.393 e. The Morgan fingerprint density at radius 3 is 2.89 bits per heavy atom. The number of aliphatic hydroxyl groups is 1. The van der Waals surface area contributed by atoms with Crippen LogP contribution in [0.15, 0.2) is 0 Å². The molecule has 100 valence electrons. The van der Waals surface area contributed by atoms with Crippen LogP contribution in [0.25, 0.3) is 0 Å². The third-order valence-electron chi connectivity index (χ3n) is 4.15. The lowest BCUT2D eigenvalue weighted by Gasteiger charge is -2.30. The van der Waals surface area contributed by atoms with Gasteiger partial charge in [0.1, 0.15) is 6.54 Å². The van der Waals surface area contributed by atoms with Crippen LogP contribution in [-0.2, 0) is 4.79 Å². The third kappa shape index (κ3) is 3.01. The molecule has 1 aliphatic carbocycles. The molecule has 0 bridgehead atoms. The van der Waals surface area contributed by atoms with Gasteiger partial charge in [-0.25, -0.2) is 0 Å². The van der Waals surface area contributed by atoms with Gasteiger partial charge in [0.25, 0.3) is 0 Å². The van der Waals surface area contributed by atoms with Gasteiger partial charge in [0.2, 0.25) is 5.91 Å². The highest BCUT2D eigenvalue weighted by molar-refractivity contribution is 5.78. The second-order valence-corrected chi connectivity index (χ2v) is 5.28. The molecule has 0 aromatic carbocycles. The normalized spacial score (nSPS) is 32.3. The highest BCUT2D eigenvalue weighted by atomic mass is 16.3. The van der Waals surface area contributed by atoms with E-state index in [1.54, 1.807) is 0 Å². The van der Waals surface area contributed by atoms with Crippen LogP contribution in [0.4, 0.5) is 0 Å². The molecule has 2 rings (SSSR count). The first kappa shape index (κ1) is 13.3. The number of hydrogen-bond donors (Lipinski definition) is 2. The molecule has 0 radical (unpaired) electrons. The lowest BCUT2D eigenvalue weighted by atomic mass is 9.94. The van der Waals surface area contributed by atoms with E-state index < -0.39 is 0 Å². The largest absolute Gasteiger partial charge is 0.393 e. The molecule has 1 saturated heterocycles. The van der Waals surface area contributed by atoms with Crippen LogP contribution in [0.5, 0.6) is 0 Å². The zero-order valence-corrected chi connectivity index (χ0v) is 10.6. The number of carbonyl (C=O) groups excluding carboxylic acids is 1. The minimum absolute atomic E-state index is 0.0728. The lowest BCUT2D eigenvalue weighted by Crippen LogP contribution is -2.44. The molecule has 0 aromatic rings. The van der Waals surface area contributed by atoms with Gasteiger partial charge in [0, 0.05) is 12.0 Å². The van der Waals surface area contributed by atoms with Gasteiger partial charge in [0.05, 0.1) is 18.7 Å². The fourth-order valence-corrected chi connectivity index (χ4v) is 3.33. The molecule has 0 aromatic heterocycles.